The summed E-state index contributed by atoms with van der Waals surface area (Å²) >= 11 is 5.92. The second-order valence-electron chi connectivity index (χ2n) is 6.59. The molecule has 0 saturated carbocycles. The van der Waals surface area contributed by atoms with E-state index in [2.05, 4.69) is 20.3 Å². The minimum Gasteiger partial charge on any atom is -0.329 e. The number of alkyl halides is 3. The molecule has 0 aliphatic carbocycles. The van der Waals surface area contributed by atoms with Crippen LogP contribution < -0.4 is 0 Å². The van der Waals surface area contributed by atoms with Gasteiger partial charge in [0.2, 0.25) is 0 Å². The molecule has 1 aliphatic rings. The zero-order valence-electron chi connectivity index (χ0n) is 15.1. The van der Waals surface area contributed by atoms with Crippen molar-refractivity contribution in [1.29, 1.82) is 0 Å². The van der Waals surface area contributed by atoms with Crippen molar-refractivity contribution in [3.8, 4) is 5.95 Å². The van der Waals surface area contributed by atoms with E-state index in [4.69, 9.17) is 11.6 Å². The molecule has 3 heterocycles. The molecule has 0 unspecified atom stereocenters. The highest BCUT2D eigenvalue weighted by Gasteiger charge is 2.37. The summed E-state index contributed by atoms with van der Waals surface area (Å²) in [6.07, 6.45) is -1.10. The summed E-state index contributed by atoms with van der Waals surface area (Å²) in [6, 6.07) is 4.67. The molecule has 1 atom stereocenters. The van der Waals surface area contributed by atoms with Gasteiger partial charge in [0.15, 0.2) is 0 Å². The molecule has 3 aromatic rings. The van der Waals surface area contributed by atoms with E-state index < -0.39 is 22.7 Å². The summed E-state index contributed by atoms with van der Waals surface area (Å²) in [4.78, 5) is 22.7. The molecule has 1 amide bonds. The molecule has 150 valence electrons. The Morgan fingerprint density at radius 1 is 1.21 bits per heavy atom. The normalized spacial score (nSPS) is 16.6. The lowest BCUT2D eigenvalue weighted by molar-refractivity contribution is -0.137. The Balaban J connectivity index is 1.66. The molecule has 1 aromatic carbocycles. The van der Waals surface area contributed by atoms with E-state index in [0.29, 0.717) is 18.1 Å². The fourth-order valence-electron chi connectivity index (χ4n) is 3.27. The van der Waals surface area contributed by atoms with Gasteiger partial charge in [0.05, 0.1) is 28.4 Å². The molecule has 2 aromatic heterocycles. The van der Waals surface area contributed by atoms with Gasteiger partial charge in [0.1, 0.15) is 5.69 Å². The summed E-state index contributed by atoms with van der Waals surface area (Å²) < 4.78 is 40.9. The third-order valence-corrected chi connectivity index (χ3v) is 5.13. The number of amides is 1. The molecule has 0 radical (unpaired) electrons. The summed E-state index contributed by atoms with van der Waals surface area (Å²) in [7, 11) is 0. The van der Waals surface area contributed by atoms with Crippen LogP contribution >= 0.6 is 11.6 Å². The van der Waals surface area contributed by atoms with Gasteiger partial charge >= 0.3 is 6.18 Å². The van der Waals surface area contributed by atoms with Crippen LogP contribution in [0.2, 0.25) is 5.02 Å². The number of fused-ring (bicyclic) bond motifs is 1. The van der Waals surface area contributed by atoms with Crippen molar-refractivity contribution in [2.24, 2.45) is 0 Å². The van der Waals surface area contributed by atoms with Gasteiger partial charge < -0.3 is 4.90 Å². The number of carbonyl (C=O) groups excluding carboxylic acids is 1. The molecule has 0 spiro atoms. The van der Waals surface area contributed by atoms with Crippen LogP contribution in [0.15, 0.2) is 36.7 Å². The number of aromatic nitrogens is 5. The number of hydrogen-bond acceptors (Lipinski definition) is 5. The predicted molar refractivity (Wildman–Crippen MR) is 96.4 cm³/mol. The predicted octanol–water partition coefficient (Wildman–Crippen LogP) is 3.32. The van der Waals surface area contributed by atoms with Crippen molar-refractivity contribution in [2.45, 2.75) is 32.1 Å². The van der Waals surface area contributed by atoms with Gasteiger partial charge in [-0.1, -0.05) is 22.9 Å². The Labute approximate surface area is 168 Å². The zero-order valence-corrected chi connectivity index (χ0v) is 15.8. The van der Waals surface area contributed by atoms with E-state index in [-0.39, 0.29) is 18.2 Å². The number of hydrogen-bond donors (Lipinski definition) is 0. The lowest BCUT2D eigenvalue weighted by atomic mass is 10.0. The first-order valence-corrected chi connectivity index (χ1v) is 9.02. The van der Waals surface area contributed by atoms with Gasteiger partial charge in [-0.05, 0) is 25.1 Å². The second-order valence-corrected chi connectivity index (χ2v) is 6.97. The first-order valence-electron chi connectivity index (χ1n) is 8.65. The van der Waals surface area contributed by atoms with E-state index in [0.717, 1.165) is 11.8 Å². The van der Waals surface area contributed by atoms with E-state index in [1.165, 1.54) is 21.7 Å². The van der Waals surface area contributed by atoms with Crippen LogP contribution in [-0.4, -0.2) is 41.8 Å². The van der Waals surface area contributed by atoms with Gasteiger partial charge in [-0.25, -0.2) is 9.97 Å². The number of halogens is 4. The first-order chi connectivity index (χ1) is 13.8. The summed E-state index contributed by atoms with van der Waals surface area (Å²) in [6.45, 7) is 1.89. The Morgan fingerprint density at radius 3 is 2.62 bits per heavy atom. The topological polar surface area (TPSA) is 76.8 Å². The Kier molecular flexibility index (Phi) is 4.73. The molecule has 0 saturated heterocycles. The largest absolute Gasteiger partial charge is 0.417 e. The molecular formula is C18H14ClF3N6O. The van der Waals surface area contributed by atoms with Gasteiger partial charge in [0, 0.05) is 24.9 Å². The Bertz CT molecular complexity index is 1070. The highest BCUT2D eigenvalue weighted by atomic mass is 35.5. The molecule has 11 heteroatoms. The number of nitrogens with zero attached hydrogens (tertiary/aromatic N) is 6. The monoisotopic (exact) mass is 422 g/mol. The van der Waals surface area contributed by atoms with E-state index in [1.807, 2.05) is 0 Å². The lowest BCUT2D eigenvalue weighted by Gasteiger charge is -2.33. The molecule has 0 bridgehead atoms. The Hall–Kier alpha value is -3.01. The van der Waals surface area contributed by atoms with Crippen LogP contribution in [0.5, 0.6) is 0 Å². The van der Waals surface area contributed by atoms with E-state index in [9.17, 15) is 18.0 Å². The molecule has 0 fully saturated rings. The molecule has 1 aliphatic heterocycles. The average Bonchev–Trinajstić information content (AvgIpc) is 3.09. The minimum absolute atomic E-state index is 0.0920. The Morgan fingerprint density at radius 2 is 1.93 bits per heavy atom. The maximum absolute atomic E-state index is 13.1. The van der Waals surface area contributed by atoms with Crippen molar-refractivity contribution >= 4 is 17.5 Å². The molecule has 4 rings (SSSR count). The highest BCUT2D eigenvalue weighted by Crippen LogP contribution is 2.37. The molecule has 0 N–H and O–H groups in total. The fraction of sp³-hybridized carbons (Fsp3) is 0.278. The molecule has 7 nitrogen and oxygen atoms in total. The van der Waals surface area contributed by atoms with E-state index in [1.54, 1.807) is 25.4 Å². The first kappa shape index (κ1) is 19.3. The summed E-state index contributed by atoms with van der Waals surface area (Å²) in [5.41, 5.74) is 0.0491. The van der Waals surface area contributed by atoms with Crippen molar-refractivity contribution in [3.05, 3.63) is 64.2 Å². The maximum atomic E-state index is 13.1. The van der Waals surface area contributed by atoms with Crippen molar-refractivity contribution in [1.82, 2.24) is 29.9 Å². The van der Waals surface area contributed by atoms with Crippen LogP contribution in [0.3, 0.4) is 0 Å². The summed E-state index contributed by atoms with van der Waals surface area (Å²) in [5, 5.41) is 7.55. The van der Waals surface area contributed by atoms with Crippen LogP contribution in [0.4, 0.5) is 13.2 Å². The molecule has 29 heavy (non-hydrogen) atoms. The zero-order chi connectivity index (χ0) is 20.8. The van der Waals surface area contributed by atoms with Crippen LogP contribution in [0.1, 0.15) is 34.2 Å². The number of benzene rings is 1. The van der Waals surface area contributed by atoms with Crippen LogP contribution in [-0.2, 0) is 19.1 Å². The second kappa shape index (κ2) is 7.11. The standard InChI is InChI=1S/C18H14ClF3N6O/c1-10-8-14-13(25-26-28(14)17-23-6-3-7-24-17)9-27(10)16(29)11-4-2-5-12(15(11)19)18(20,21)22/h2-7,10H,8-9H2,1H3/t10-/m1/s1. The fourth-order valence-corrected chi connectivity index (χ4v) is 3.59. The molecular weight excluding hydrogens is 409 g/mol. The van der Waals surface area contributed by atoms with Gasteiger partial charge in [-0.2, -0.15) is 17.9 Å². The lowest BCUT2D eigenvalue weighted by Crippen LogP contribution is -2.43. The third-order valence-electron chi connectivity index (χ3n) is 4.72. The van der Waals surface area contributed by atoms with Crippen molar-refractivity contribution in [3.63, 3.8) is 0 Å². The van der Waals surface area contributed by atoms with Crippen molar-refractivity contribution in [2.75, 3.05) is 0 Å². The van der Waals surface area contributed by atoms with Crippen LogP contribution in [0, 0.1) is 0 Å². The van der Waals surface area contributed by atoms with Crippen LogP contribution in [0.25, 0.3) is 5.95 Å². The van der Waals surface area contributed by atoms with Crippen molar-refractivity contribution < 1.29 is 18.0 Å². The van der Waals surface area contributed by atoms with Gasteiger partial charge in [0.25, 0.3) is 11.9 Å². The minimum atomic E-state index is -4.65. The SMILES string of the molecule is C[C@@H]1Cc2c(nnn2-c2ncccn2)CN1C(=O)c1cccc(C(F)(F)F)c1Cl. The highest BCUT2D eigenvalue weighted by molar-refractivity contribution is 6.34. The van der Waals surface area contributed by atoms with E-state index >= 15 is 0 Å². The average molecular weight is 423 g/mol. The smallest absolute Gasteiger partial charge is 0.329 e. The van der Waals surface area contributed by atoms with Gasteiger partial charge in [-0.15, -0.1) is 5.10 Å². The maximum Gasteiger partial charge on any atom is 0.417 e. The number of carbonyl (C=O) groups is 1. The quantitative estimate of drug-likeness (QED) is 0.633. The van der Waals surface area contributed by atoms with Gasteiger partial charge in [-0.3, -0.25) is 4.79 Å². The number of rotatable bonds is 2. The summed E-state index contributed by atoms with van der Waals surface area (Å²) in [5.74, 6) is -0.237. The third kappa shape index (κ3) is 3.44.